The van der Waals surface area contributed by atoms with Gasteiger partial charge in [-0.2, -0.15) is 13.2 Å². The number of nitrogens with one attached hydrogen (secondary N) is 1. The van der Waals surface area contributed by atoms with E-state index in [1.165, 1.54) is 17.7 Å². The number of alkyl halides is 3. The zero-order chi connectivity index (χ0) is 14.1. The predicted octanol–water partition coefficient (Wildman–Crippen LogP) is 2.73. The lowest BCUT2D eigenvalue weighted by molar-refractivity contribution is -0.0448. The van der Waals surface area contributed by atoms with E-state index in [1.807, 2.05) is 0 Å². The number of rotatable bonds is 3. The molecule has 0 saturated heterocycles. The van der Waals surface area contributed by atoms with Crippen LogP contribution in [-0.4, -0.2) is 13.9 Å². The van der Waals surface area contributed by atoms with E-state index in [0.717, 1.165) is 6.07 Å². The zero-order valence-electron chi connectivity index (χ0n) is 8.98. The molecule has 0 saturated carbocycles. The molecule has 0 bridgehead atoms. The summed E-state index contributed by atoms with van der Waals surface area (Å²) in [7, 11) is -5.50. The van der Waals surface area contributed by atoms with Crippen LogP contribution in [0.1, 0.15) is 11.1 Å². The molecule has 0 aliphatic heterocycles. The van der Waals surface area contributed by atoms with Crippen molar-refractivity contribution in [3.63, 3.8) is 0 Å². The summed E-state index contributed by atoms with van der Waals surface area (Å²) in [5.74, 6) is -0.832. The van der Waals surface area contributed by atoms with E-state index >= 15 is 0 Å². The topological polar surface area (TPSA) is 46.2 Å². The van der Waals surface area contributed by atoms with Crippen molar-refractivity contribution in [2.75, 3.05) is 0 Å². The molecule has 0 unspecified atom stereocenters. The lowest BCUT2D eigenvalue weighted by Crippen LogP contribution is -2.36. The molecule has 1 rings (SSSR count). The Morgan fingerprint density at radius 2 is 1.89 bits per heavy atom. The lowest BCUT2D eigenvalue weighted by atomic mass is 10.1. The first-order valence-electron chi connectivity index (χ1n) is 4.55. The molecular weight excluding hydrogens is 298 g/mol. The van der Waals surface area contributed by atoms with Crippen LogP contribution < -0.4 is 4.72 Å². The highest BCUT2D eigenvalue weighted by molar-refractivity contribution is 7.90. The highest BCUT2D eigenvalue weighted by Gasteiger charge is 2.45. The van der Waals surface area contributed by atoms with Gasteiger partial charge in [-0.25, -0.2) is 17.5 Å². The molecule has 1 N–H and O–H groups in total. The van der Waals surface area contributed by atoms with Gasteiger partial charge in [-0.3, -0.25) is 0 Å². The summed E-state index contributed by atoms with van der Waals surface area (Å²) in [6.07, 6.45) is 0. The number of sulfonamides is 1. The van der Waals surface area contributed by atoms with Crippen LogP contribution in [0.2, 0.25) is 5.02 Å². The van der Waals surface area contributed by atoms with E-state index in [4.69, 9.17) is 11.6 Å². The maximum atomic E-state index is 13.3. The van der Waals surface area contributed by atoms with Crippen LogP contribution in [0.3, 0.4) is 0 Å². The standard InChI is InChI=1S/C9H8ClF4NO2S/c1-5-6(8(11)3-2-7(5)10)4-15-18(16,17)9(12,13)14/h2-3,15H,4H2,1H3. The summed E-state index contributed by atoms with van der Waals surface area (Å²) in [5, 5.41) is 0.137. The molecule has 9 heteroatoms. The normalized spacial score (nSPS) is 12.8. The quantitative estimate of drug-likeness (QED) is 0.873. The molecule has 0 aliphatic rings. The third-order valence-electron chi connectivity index (χ3n) is 2.22. The number of hydrogen-bond acceptors (Lipinski definition) is 2. The number of benzene rings is 1. The van der Waals surface area contributed by atoms with Gasteiger partial charge in [0.05, 0.1) is 0 Å². The fourth-order valence-corrected chi connectivity index (χ4v) is 1.84. The van der Waals surface area contributed by atoms with Crippen LogP contribution in [0.5, 0.6) is 0 Å². The van der Waals surface area contributed by atoms with Gasteiger partial charge in [-0.05, 0) is 24.6 Å². The second kappa shape index (κ2) is 5.02. The summed E-state index contributed by atoms with van der Waals surface area (Å²) in [6.45, 7) is 0.558. The molecular formula is C9H8ClF4NO2S. The molecule has 0 aliphatic carbocycles. The molecule has 0 aromatic heterocycles. The van der Waals surface area contributed by atoms with E-state index < -0.39 is 27.9 Å². The monoisotopic (exact) mass is 305 g/mol. The third kappa shape index (κ3) is 3.12. The van der Waals surface area contributed by atoms with E-state index in [9.17, 15) is 26.0 Å². The van der Waals surface area contributed by atoms with E-state index in [2.05, 4.69) is 0 Å². The van der Waals surface area contributed by atoms with Crippen LogP contribution in [0.25, 0.3) is 0 Å². The van der Waals surface area contributed by atoms with Crippen LogP contribution in [0.4, 0.5) is 17.6 Å². The second-order valence-electron chi connectivity index (χ2n) is 3.40. The second-order valence-corrected chi connectivity index (χ2v) is 5.57. The third-order valence-corrected chi connectivity index (χ3v) is 3.76. The Bertz CT molecular complexity index is 556. The molecule has 0 amide bonds. The minimum atomic E-state index is -5.50. The molecule has 0 radical (unpaired) electrons. The maximum absolute atomic E-state index is 13.3. The zero-order valence-corrected chi connectivity index (χ0v) is 10.5. The van der Waals surface area contributed by atoms with Crippen molar-refractivity contribution in [2.24, 2.45) is 0 Å². The first kappa shape index (κ1) is 15.2. The van der Waals surface area contributed by atoms with Gasteiger partial charge < -0.3 is 0 Å². The summed E-state index contributed by atoms with van der Waals surface area (Å²) >= 11 is 5.66. The predicted molar refractivity (Wildman–Crippen MR) is 58.0 cm³/mol. The van der Waals surface area contributed by atoms with Gasteiger partial charge in [0, 0.05) is 17.1 Å². The van der Waals surface area contributed by atoms with E-state index in [-0.39, 0.29) is 16.1 Å². The van der Waals surface area contributed by atoms with Gasteiger partial charge in [0.25, 0.3) is 0 Å². The Hall–Kier alpha value is -0.860. The van der Waals surface area contributed by atoms with Crippen molar-refractivity contribution in [3.8, 4) is 0 Å². The molecule has 0 spiro atoms. The van der Waals surface area contributed by atoms with Crippen molar-refractivity contribution in [2.45, 2.75) is 19.0 Å². The van der Waals surface area contributed by atoms with Gasteiger partial charge in [-0.1, -0.05) is 11.6 Å². The highest BCUT2D eigenvalue weighted by Crippen LogP contribution is 2.24. The van der Waals surface area contributed by atoms with E-state index in [1.54, 1.807) is 0 Å². The van der Waals surface area contributed by atoms with E-state index in [0.29, 0.717) is 0 Å². The minimum Gasteiger partial charge on any atom is -0.207 e. The average Bonchev–Trinajstić information content (AvgIpc) is 2.22. The lowest BCUT2D eigenvalue weighted by Gasteiger charge is -2.12. The number of halogens is 5. The Labute approximate surface area is 106 Å². The van der Waals surface area contributed by atoms with Crippen LogP contribution in [0, 0.1) is 12.7 Å². The van der Waals surface area contributed by atoms with Gasteiger partial charge in [0.15, 0.2) is 0 Å². The molecule has 1 aromatic rings. The maximum Gasteiger partial charge on any atom is 0.511 e. The van der Waals surface area contributed by atoms with Crippen molar-refractivity contribution in [1.82, 2.24) is 4.72 Å². The molecule has 102 valence electrons. The van der Waals surface area contributed by atoms with Crippen LogP contribution in [0.15, 0.2) is 12.1 Å². The van der Waals surface area contributed by atoms with Crippen LogP contribution in [-0.2, 0) is 16.6 Å². The SMILES string of the molecule is Cc1c(Cl)ccc(F)c1CNS(=O)(=O)C(F)(F)F. The molecule has 1 aromatic carbocycles. The molecule has 18 heavy (non-hydrogen) atoms. The van der Waals surface area contributed by atoms with Crippen molar-refractivity contribution in [1.29, 1.82) is 0 Å². The smallest absolute Gasteiger partial charge is 0.207 e. The fourth-order valence-electron chi connectivity index (χ4n) is 1.16. The molecule has 0 heterocycles. The first-order valence-corrected chi connectivity index (χ1v) is 6.42. The Morgan fingerprint density at radius 1 is 1.33 bits per heavy atom. The number of hydrogen-bond donors (Lipinski definition) is 1. The summed E-state index contributed by atoms with van der Waals surface area (Å²) in [4.78, 5) is 0. The van der Waals surface area contributed by atoms with Gasteiger partial charge in [0.1, 0.15) is 5.82 Å². The molecule has 0 atom stereocenters. The van der Waals surface area contributed by atoms with Crippen LogP contribution >= 0.6 is 11.6 Å². The summed E-state index contributed by atoms with van der Waals surface area (Å²) in [5.41, 5.74) is -5.48. The van der Waals surface area contributed by atoms with Gasteiger partial charge >= 0.3 is 15.5 Å². The molecule has 0 fully saturated rings. The van der Waals surface area contributed by atoms with Gasteiger partial charge in [0.2, 0.25) is 0 Å². The molecule has 3 nitrogen and oxygen atoms in total. The Balaban J connectivity index is 2.99. The van der Waals surface area contributed by atoms with Gasteiger partial charge in [-0.15, -0.1) is 0 Å². The van der Waals surface area contributed by atoms with Crippen molar-refractivity contribution < 1.29 is 26.0 Å². The Kier molecular flexibility index (Phi) is 4.24. The van der Waals surface area contributed by atoms with Crippen molar-refractivity contribution in [3.05, 3.63) is 34.1 Å². The highest BCUT2D eigenvalue weighted by atomic mass is 35.5. The minimum absolute atomic E-state index is 0.137. The summed E-state index contributed by atoms with van der Waals surface area (Å²) < 4.78 is 72.2. The summed E-state index contributed by atoms with van der Waals surface area (Å²) in [6, 6.07) is 2.18. The fraction of sp³-hybridized carbons (Fsp3) is 0.333. The average molecular weight is 306 g/mol. The Morgan fingerprint density at radius 3 is 2.39 bits per heavy atom. The first-order chi connectivity index (χ1) is 8.06. The largest absolute Gasteiger partial charge is 0.511 e. The van der Waals surface area contributed by atoms with Crippen molar-refractivity contribution >= 4 is 21.6 Å².